The Morgan fingerprint density at radius 1 is 1.04 bits per heavy atom. The van der Waals surface area contributed by atoms with E-state index in [1.54, 1.807) is 32.4 Å². The first kappa shape index (κ1) is 16.1. The molecule has 0 aromatic heterocycles. The summed E-state index contributed by atoms with van der Waals surface area (Å²) < 4.78 is 16.4. The Kier molecular flexibility index (Phi) is 4.85. The van der Waals surface area contributed by atoms with E-state index in [1.165, 1.54) is 6.08 Å². The molecule has 3 rings (SSSR count). The van der Waals surface area contributed by atoms with Crippen molar-refractivity contribution in [3.63, 3.8) is 0 Å². The first-order chi connectivity index (χ1) is 11.7. The fraction of sp³-hybridized carbons (Fsp3) is 0.250. The Morgan fingerprint density at radius 2 is 1.71 bits per heavy atom. The molecule has 0 heterocycles. The number of rotatable bonds is 7. The van der Waals surface area contributed by atoms with Crippen molar-refractivity contribution in [1.82, 2.24) is 0 Å². The predicted octanol–water partition coefficient (Wildman–Crippen LogP) is 4.14. The van der Waals surface area contributed by atoms with Crippen LogP contribution in [-0.4, -0.2) is 26.1 Å². The van der Waals surface area contributed by atoms with Crippen molar-refractivity contribution < 1.29 is 19.0 Å². The molecular formula is C20H20O4. The van der Waals surface area contributed by atoms with E-state index < -0.39 is 0 Å². The molecule has 0 radical (unpaired) electrons. The van der Waals surface area contributed by atoms with E-state index in [9.17, 15) is 4.79 Å². The molecule has 2 aromatic carbocycles. The Hall–Kier alpha value is -2.75. The summed E-state index contributed by atoms with van der Waals surface area (Å²) in [4.78, 5) is 12.4. The second-order valence-electron chi connectivity index (χ2n) is 5.62. The zero-order valence-electron chi connectivity index (χ0n) is 13.8. The molecule has 4 nitrogen and oxygen atoms in total. The van der Waals surface area contributed by atoms with Crippen LogP contribution in [0.4, 0.5) is 0 Å². The third-order valence-corrected chi connectivity index (χ3v) is 3.81. The zero-order valence-corrected chi connectivity index (χ0v) is 13.8. The van der Waals surface area contributed by atoms with Gasteiger partial charge in [0.2, 0.25) is 0 Å². The van der Waals surface area contributed by atoms with Gasteiger partial charge < -0.3 is 14.2 Å². The van der Waals surface area contributed by atoms with Crippen LogP contribution >= 0.6 is 0 Å². The number of carbonyl (C=O) groups excluding carboxylic acids is 1. The lowest BCUT2D eigenvalue weighted by Gasteiger charge is -2.09. The van der Waals surface area contributed by atoms with Crippen LogP contribution in [0.1, 0.15) is 28.8 Å². The van der Waals surface area contributed by atoms with Crippen LogP contribution in [-0.2, 0) is 0 Å². The minimum atomic E-state index is -0.0933. The van der Waals surface area contributed by atoms with E-state index in [0.717, 1.165) is 24.2 Å². The molecule has 2 aromatic rings. The average Bonchev–Trinajstić information content (AvgIpc) is 3.43. The molecule has 0 bridgehead atoms. The van der Waals surface area contributed by atoms with Crippen molar-refractivity contribution in [1.29, 1.82) is 0 Å². The van der Waals surface area contributed by atoms with Crippen molar-refractivity contribution in [3.05, 3.63) is 59.7 Å². The number of methoxy groups -OCH3 is 2. The Bertz CT molecular complexity index is 738. The number of allylic oxidation sites excluding steroid dienone is 1. The summed E-state index contributed by atoms with van der Waals surface area (Å²) in [5.74, 6) is 1.96. The molecule has 0 aliphatic heterocycles. The fourth-order valence-corrected chi connectivity index (χ4v) is 2.40. The summed E-state index contributed by atoms with van der Waals surface area (Å²) in [6, 6.07) is 12.8. The van der Waals surface area contributed by atoms with E-state index in [-0.39, 0.29) is 5.78 Å². The maximum atomic E-state index is 12.4. The van der Waals surface area contributed by atoms with Gasteiger partial charge in [-0.3, -0.25) is 4.79 Å². The molecule has 0 atom stereocenters. The van der Waals surface area contributed by atoms with Crippen molar-refractivity contribution in [2.75, 3.05) is 14.2 Å². The molecule has 124 valence electrons. The van der Waals surface area contributed by atoms with Crippen molar-refractivity contribution >= 4 is 11.9 Å². The van der Waals surface area contributed by atoms with Gasteiger partial charge in [0.05, 0.1) is 25.9 Å². The minimum absolute atomic E-state index is 0.0933. The van der Waals surface area contributed by atoms with E-state index in [2.05, 4.69) is 0 Å². The van der Waals surface area contributed by atoms with Crippen LogP contribution in [0.3, 0.4) is 0 Å². The van der Waals surface area contributed by atoms with Crippen molar-refractivity contribution in [2.24, 2.45) is 0 Å². The van der Waals surface area contributed by atoms with Crippen LogP contribution in [0.2, 0.25) is 0 Å². The number of ether oxygens (including phenoxy) is 3. The number of carbonyl (C=O) groups is 1. The van der Waals surface area contributed by atoms with E-state index in [1.807, 2.05) is 30.3 Å². The lowest BCUT2D eigenvalue weighted by molar-refractivity contribution is 0.104. The highest BCUT2D eigenvalue weighted by Gasteiger charge is 2.23. The van der Waals surface area contributed by atoms with Gasteiger partial charge in [-0.1, -0.05) is 18.2 Å². The SMILES string of the molecule is COc1cccc(OC)c1/C=C/C(=O)c1cccc(OC2CC2)c1. The van der Waals surface area contributed by atoms with E-state index in [4.69, 9.17) is 14.2 Å². The smallest absolute Gasteiger partial charge is 0.185 e. The lowest BCUT2D eigenvalue weighted by atomic mass is 10.1. The molecule has 1 aliphatic rings. The van der Waals surface area contributed by atoms with Crippen molar-refractivity contribution in [2.45, 2.75) is 18.9 Å². The van der Waals surface area contributed by atoms with Crippen LogP contribution in [0.15, 0.2) is 48.5 Å². The number of benzene rings is 2. The summed E-state index contributed by atoms with van der Waals surface area (Å²) in [7, 11) is 3.18. The molecule has 0 unspecified atom stereocenters. The monoisotopic (exact) mass is 324 g/mol. The van der Waals surface area contributed by atoms with Gasteiger partial charge in [0.1, 0.15) is 17.2 Å². The highest BCUT2D eigenvalue weighted by atomic mass is 16.5. The van der Waals surface area contributed by atoms with Crippen LogP contribution in [0, 0.1) is 0 Å². The Morgan fingerprint density at radius 3 is 2.33 bits per heavy atom. The van der Waals surface area contributed by atoms with Gasteiger partial charge in [0.15, 0.2) is 5.78 Å². The molecule has 0 spiro atoms. The second kappa shape index (κ2) is 7.21. The highest BCUT2D eigenvalue weighted by molar-refractivity contribution is 6.07. The standard InChI is InChI=1S/C20H20O4/c1-22-19-7-4-8-20(23-2)17(19)11-12-18(21)14-5-3-6-16(13-14)24-15-9-10-15/h3-8,11-13,15H,9-10H2,1-2H3/b12-11+. The molecule has 0 N–H and O–H groups in total. The molecular weight excluding hydrogens is 304 g/mol. The zero-order chi connectivity index (χ0) is 16.9. The molecule has 1 saturated carbocycles. The summed E-state index contributed by atoms with van der Waals surface area (Å²) >= 11 is 0. The molecule has 1 fully saturated rings. The summed E-state index contributed by atoms with van der Waals surface area (Å²) in [6.45, 7) is 0. The minimum Gasteiger partial charge on any atom is -0.496 e. The van der Waals surface area contributed by atoms with E-state index in [0.29, 0.717) is 23.2 Å². The molecule has 0 amide bonds. The van der Waals surface area contributed by atoms with Crippen molar-refractivity contribution in [3.8, 4) is 17.2 Å². The Balaban J connectivity index is 1.80. The third kappa shape index (κ3) is 3.77. The maximum absolute atomic E-state index is 12.4. The number of hydrogen-bond acceptors (Lipinski definition) is 4. The number of ketones is 1. The van der Waals surface area contributed by atoms with Crippen LogP contribution in [0.5, 0.6) is 17.2 Å². The predicted molar refractivity (Wildman–Crippen MR) is 93.0 cm³/mol. The summed E-state index contributed by atoms with van der Waals surface area (Å²) in [6.07, 6.45) is 5.73. The van der Waals surface area contributed by atoms with Gasteiger partial charge in [0, 0.05) is 5.56 Å². The maximum Gasteiger partial charge on any atom is 0.185 e. The van der Waals surface area contributed by atoms with Gasteiger partial charge in [-0.05, 0) is 49.3 Å². The quantitative estimate of drug-likeness (QED) is 0.567. The summed E-state index contributed by atoms with van der Waals surface area (Å²) in [5.41, 5.74) is 1.33. The first-order valence-corrected chi connectivity index (χ1v) is 7.91. The van der Waals surface area contributed by atoms with Crippen LogP contribution in [0.25, 0.3) is 6.08 Å². The van der Waals surface area contributed by atoms with Gasteiger partial charge in [-0.25, -0.2) is 0 Å². The van der Waals surface area contributed by atoms with Gasteiger partial charge in [-0.15, -0.1) is 0 Å². The average molecular weight is 324 g/mol. The molecule has 24 heavy (non-hydrogen) atoms. The molecule has 4 heteroatoms. The van der Waals surface area contributed by atoms with Gasteiger partial charge in [0.25, 0.3) is 0 Å². The topological polar surface area (TPSA) is 44.8 Å². The number of hydrogen-bond donors (Lipinski definition) is 0. The van der Waals surface area contributed by atoms with Gasteiger partial charge in [-0.2, -0.15) is 0 Å². The van der Waals surface area contributed by atoms with Crippen LogP contribution < -0.4 is 14.2 Å². The lowest BCUT2D eigenvalue weighted by Crippen LogP contribution is -1.99. The highest BCUT2D eigenvalue weighted by Crippen LogP contribution is 2.30. The normalized spacial score (nSPS) is 13.8. The Labute approximate surface area is 141 Å². The fourth-order valence-electron chi connectivity index (χ4n) is 2.40. The van der Waals surface area contributed by atoms with E-state index >= 15 is 0 Å². The summed E-state index contributed by atoms with van der Waals surface area (Å²) in [5, 5.41) is 0. The van der Waals surface area contributed by atoms with Gasteiger partial charge >= 0.3 is 0 Å². The molecule has 1 aliphatic carbocycles. The largest absolute Gasteiger partial charge is 0.496 e. The second-order valence-corrected chi connectivity index (χ2v) is 5.62. The molecule has 0 saturated heterocycles. The first-order valence-electron chi connectivity index (χ1n) is 7.91. The third-order valence-electron chi connectivity index (χ3n) is 3.81.